The zero-order valence-electron chi connectivity index (χ0n) is 12.3. The topological polar surface area (TPSA) is 72.4 Å². The Morgan fingerprint density at radius 3 is 2.86 bits per heavy atom. The molecule has 1 aliphatic heterocycles. The van der Waals surface area contributed by atoms with E-state index in [0.29, 0.717) is 29.6 Å². The number of hydrogen-bond acceptors (Lipinski definition) is 5. The number of amides is 1. The molecular weight excluding hydrogens is 270 g/mol. The Kier molecular flexibility index (Phi) is 3.77. The van der Waals surface area contributed by atoms with E-state index in [0.717, 1.165) is 25.7 Å². The van der Waals surface area contributed by atoms with Crippen LogP contribution in [0, 0.1) is 13.8 Å². The van der Waals surface area contributed by atoms with Gasteiger partial charge in [-0.05, 0) is 25.8 Å². The number of nitrogens with zero attached hydrogens (tertiary/aromatic N) is 3. The molecule has 1 saturated heterocycles. The average molecular weight is 289 g/mol. The molecule has 0 saturated carbocycles. The van der Waals surface area contributed by atoms with E-state index in [1.807, 2.05) is 4.90 Å². The molecule has 2 aromatic heterocycles. The number of carbonyl (C=O) groups is 1. The van der Waals surface area contributed by atoms with Gasteiger partial charge in [-0.3, -0.25) is 4.79 Å². The Hall–Kier alpha value is -2.11. The summed E-state index contributed by atoms with van der Waals surface area (Å²) < 4.78 is 10.3. The van der Waals surface area contributed by atoms with Crippen molar-refractivity contribution < 1.29 is 13.7 Å². The minimum atomic E-state index is -0.119. The number of aromatic nitrogens is 2. The molecule has 1 atom stereocenters. The summed E-state index contributed by atoms with van der Waals surface area (Å²) in [5, 5.41) is 4.01. The molecule has 2 aromatic rings. The van der Waals surface area contributed by atoms with Gasteiger partial charge in [0.05, 0.1) is 17.9 Å². The van der Waals surface area contributed by atoms with Crippen LogP contribution in [0.15, 0.2) is 21.3 Å². The molecule has 0 bridgehead atoms. The maximum atomic E-state index is 12.8. The zero-order valence-corrected chi connectivity index (χ0v) is 12.3. The molecule has 0 radical (unpaired) electrons. The predicted octanol–water partition coefficient (Wildman–Crippen LogP) is 3.04. The smallest absolute Gasteiger partial charge is 0.258 e. The van der Waals surface area contributed by atoms with Crippen LogP contribution in [-0.4, -0.2) is 27.5 Å². The quantitative estimate of drug-likeness (QED) is 0.849. The standard InChI is InChI=1S/C15H19N3O3/c1-10-12(7-9-20-10)15(19)18-8-5-3-4-6-13(18)14-16-11(2)21-17-14/h7,9,13H,3-6,8H2,1-2H3/t13-/m1/s1. The molecule has 0 spiro atoms. The molecule has 0 unspecified atom stereocenters. The van der Waals surface area contributed by atoms with Gasteiger partial charge in [0.1, 0.15) is 5.76 Å². The first kappa shape index (κ1) is 13.9. The lowest BCUT2D eigenvalue weighted by Gasteiger charge is -2.27. The van der Waals surface area contributed by atoms with Crippen molar-refractivity contribution in [3.8, 4) is 0 Å². The second-order valence-corrected chi connectivity index (χ2v) is 5.43. The second-order valence-electron chi connectivity index (χ2n) is 5.43. The summed E-state index contributed by atoms with van der Waals surface area (Å²) in [5.74, 6) is 1.76. The molecule has 0 N–H and O–H groups in total. The van der Waals surface area contributed by atoms with Crippen molar-refractivity contribution >= 4 is 5.91 Å². The van der Waals surface area contributed by atoms with E-state index in [1.165, 1.54) is 0 Å². The molecule has 0 aliphatic carbocycles. The number of carbonyl (C=O) groups excluding carboxylic acids is 1. The molecule has 112 valence electrons. The minimum Gasteiger partial charge on any atom is -0.469 e. The summed E-state index contributed by atoms with van der Waals surface area (Å²) in [6, 6.07) is 1.60. The van der Waals surface area contributed by atoms with Crippen molar-refractivity contribution in [1.29, 1.82) is 0 Å². The van der Waals surface area contributed by atoms with Crippen LogP contribution in [0.1, 0.15) is 59.6 Å². The van der Waals surface area contributed by atoms with E-state index in [1.54, 1.807) is 26.2 Å². The Balaban J connectivity index is 1.92. The molecule has 0 aromatic carbocycles. The summed E-state index contributed by atoms with van der Waals surface area (Å²) in [5.41, 5.74) is 0.613. The van der Waals surface area contributed by atoms with Crippen LogP contribution in [0.4, 0.5) is 0 Å². The minimum absolute atomic E-state index is 0.0180. The van der Waals surface area contributed by atoms with Crippen LogP contribution in [0.5, 0.6) is 0 Å². The summed E-state index contributed by atoms with van der Waals surface area (Å²) in [6.07, 6.45) is 5.58. The van der Waals surface area contributed by atoms with Gasteiger partial charge < -0.3 is 13.8 Å². The van der Waals surface area contributed by atoms with Crippen molar-refractivity contribution in [1.82, 2.24) is 15.0 Å². The van der Waals surface area contributed by atoms with Crippen molar-refractivity contribution in [2.24, 2.45) is 0 Å². The van der Waals surface area contributed by atoms with E-state index >= 15 is 0 Å². The van der Waals surface area contributed by atoms with Gasteiger partial charge in [-0.2, -0.15) is 4.98 Å². The summed E-state index contributed by atoms with van der Waals surface area (Å²) in [7, 11) is 0. The van der Waals surface area contributed by atoms with Crippen molar-refractivity contribution in [3.05, 3.63) is 35.4 Å². The first-order valence-corrected chi connectivity index (χ1v) is 7.32. The molecule has 6 nitrogen and oxygen atoms in total. The molecule has 1 fully saturated rings. The lowest BCUT2D eigenvalue weighted by Crippen LogP contribution is -2.35. The molecule has 1 amide bonds. The van der Waals surface area contributed by atoms with Gasteiger partial charge in [-0.25, -0.2) is 0 Å². The fourth-order valence-electron chi connectivity index (χ4n) is 2.83. The molecule has 3 heterocycles. The molecule has 21 heavy (non-hydrogen) atoms. The fraction of sp³-hybridized carbons (Fsp3) is 0.533. The van der Waals surface area contributed by atoms with Gasteiger partial charge in [0, 0.05) is 13.5 Å². The van der Waals surface area contributed by atoms with E-state index in [-0.39, 0.29) is 11.9 Å². The highest BCUT2D eigenvalue weighted by Gasteiger charge is 2.31. The molecular formula is C15H19N3O3. The summed E-state index contributed by atoms with van der Waals surface area (Å²) >= 11 is 0. The highest BCUT2D eigenvalue weighted by Crippen LogP contribution is 2.30. The van der Waals surface area contributed by atoms with Gasteiger partial charge in [0.25, 0.3) is 5.91 Å². The third-order valence-electron chi connectivity index (χ3n) is 3.94. The maximum absolute atomic E-state index is 12.8. The lowest BCUT2D eigenvalue weighted by molar-refractivity contribution is 0.0668. The Morgan fingerprint density at radius 1 is 1.33 bits per heavy atom. The summed E-state index contributed by atoms with van der Waals surface area (Å²) in [4.78, 5) is 19.0. The van der Waals surface area contributed by atoms with Crippen LogP contribution >= 0.6 is 0 Å². The first-order chi connectivity index (χ1) is 10.2. The van der Waals surface area contributed by atoms with Gasteiger partial charge >= 0.3 is 0 Å². The third-order valence-corrected chi connectivity index (χ3v) is 3.94. The second kappa shape index (κ2) is 5.71. The number of hydrogen-bond donors (Lipinski definition) is 0. The van der Waals surface area contributed by atoms with Crippen LogP contribution < -0.4 is 0 Å². The van der Waals surface area contributed by atoms with Crippen LogP contribution in [0.2, 0.25) is 0 Å². The van der Waals surface area contributed by atoms with Gasteiger partial charge in [0.2, 0.25) is 5.89 Å². The normalized spacial score (nSPS) is 19.5. The van der Waals surface area contributed by atoms with E-state index in [4.69, 9.17) is 8.94 Å². The van der Waals surface area contributed by atoms with Crippen molar-refractivity contribution in [2.75, 3.05) is 6.54 Å². The number of aryl methyl sites for hydroxylation is 2. The van der Waals surface area contributed by atoms with Gasteiger partial charge in [-0.15, -0.1) is 0 Å². The molecule has 6 heteroatoms. The molecule has 1 aliphatic rings. The maximum Gasteiger partial charge on any atom is 0.258 e. The fourth-order valence-corrected chi connectivity index (χ4v) is 2.83. The Morgan fingerprint density at radius 2 is 2.19 bits per heavy atom. The first-order valence-electron chi connectivity index (χ1n) is 7.32. The average Bonchev–Trinajstić information content (AvgIpc) is 3.00. The SMILES string of the molecule is Cc1nc([C@H]2CCCCCN2C(=O)c2ccoc2C)no1. The predicted molar refractivity (Wildman–Crippen MR) is 74.7 cm³/mol. The monoisotopic (exact) mass is 289 g/mol. The van der Waals surface area contributed by atoms with Crippen molar-refractivity contribution in [2.45, 2.75) is 45.6 Å². The van der Waals surface area contributed by atoms with E-state index in [9.17, 15) is 4.79 Å². The van der Waals surface area contributed by atoms with Gasteiger partial charge in [0.15, 0.2) is 5.82 Å². The zero-order chi connectivity index (χ0) is 14.8. The van der Waals surface area contributed by atoms with Gasteiger partial charge in [-0.1, -0.05) is 18.0 Å². The Bertz CT molecular complexity index is 632. The van der Waals surface area contributed by atoms with Crippen molar-refractivity contribution in [3.63, 3.8) is 0 Å². The van der Waals surface area contributed by atoms with Crippen LogP contribution in [0.3, 0.4) is 0 Å². The van der Waals surface area contributed by atoms with Crippen LogP contribution in [0.25, 0.3) is 0 Å². The summed E-state index contributed by atoms with van der Waals surface area (Å²) in [6.45, 7) is 4.28. The van der Waals surface area contributed by atoms with E-state index in [2.05, 4.69) is 10.1 Å². The lowest BCUT2D eigenvalue weighted by atomic mass is 10.1. The highest BCUT2D eigenvalue weighted by atomic mass is 16.5. The Labute approximate surface area is 123 Å². The number of furan rings is 1. The third kappa shape index (κ3) is 2.70. The number of likely N-dealkylation sites (tertiary alicyclic amines) is 1. The highest BCUT2D eigenvalue weighted by molar-refractivity contribution is 5.95. The molecule has 3 rings (SSSR count). The number of rotatable bonds is 2. The largest absolute Gasteiger partial charge is 0.469 e. The van der Waals surface area contributed by atoms with Crippen LogP contribution in [-0.2, 0) is 0 Å². The van der Waals surface area contributed by atoms with E-state index < -0.39 is 0 Å².